The fraction of sp³-hybridized carbons (Fsp3) is 0.263. The Morgan fingerprint density at radius 3 is 2.12 bits per heavy atom. The van der Waals surface area contributed by atoms with Gasteiger partial charge in [0.05, 0.1) is 0 Å². The van der Waals surface area contributed by atoms with E-state index in [0.29, 0.717) is 23.6 Å². The molecule has 126 valence electrons. The molecule has 0 fully saturated rings. The average molecular weight is 389 g/mol. The van der Waals surface area contributed by atoms with Crippen LogP contribution in [0, 0.1) is 12.8 Å². The lowest BCUT2D eigenvalue weighted by molar-refractivity contribution is 0.0947. The predicted molar refractivity (Wildman–Crippen MR) is 100 cm³/mol. The van der Waals surface area contributed by atoms with Crippen molar-refractivity contribution in [2.24, 2.45) is 5.92 Å². The van der Waals surface area contributed by atoms with Gasteiger partial charge in [0.1, 0.15) is 0 Å². The molecule has 0 aliphatic heterocycles. The van der Waals surface area contributed by atoms with Gasteiger partial charge in [0.25, 0.3) is 11.8 Å². The van der Waals surface area contributed by atoms with E-state index in [4.69, 9.17) is 0 Å². The molecule has 0 aromatic heterocycles. The summed E-state index contributed by atoms with van der Waals surface area (Å²) in [4.78, 5) is 24.3. The Morgan fingerprint density at radius 2 is 1.58 bits per heavy atom. The van der Waals surface area contributed by atoms with Crippen LogP contribution >= 0.6 is 15.9 Å². The summed E-state index contributed by atoms with van der Waals surface area (Å²) in [5, 5.41) is 5.74. The van der Waals surface area contributed by atoms with Crippen LogP contribution < -0.4 is 10.6 Å². The maximum Gasteiger partial charge on any atom is 0.255 e. The van der Waals surface area contributed by atoms with Crippen molar-refractivity contribution >= 4 is 33.4 Å². The van der Waals surface area contributed by atoms with Gasteiger partial charge in [0, 0.05) is 27.8 Å². The number of carbonyl (C=O) groups excluding carboxylic acids is 2. The maximum absolute atomic E-state index is 12.3. The third kappa shape index (κ3) is 4.93. The summed E-state index contributed by atoms with van der Waals surface area (Å²) in [7, 11) is 0. The number of benzene rings is 2. The number of hydrogen-bond donors (Lipinski definition) is 2. The minimum atomic E-state index is -0.199. The van der Waals surface area contributed by atoms with Crippen molar-refractivity contribution in [3.8, 4) is 0 Å². The highest BCUT2D eigenvalue weighted by molar-refractivity contribution is 9.10. The Balaban J connectivity index is 2.04. The first-order valence-electron chi connectivity index (χ1n) is 7.82. The molecule has 0 bridgehead atoms. The highest BCUT2D eigenvalue weighted by atomic mass is 79.9. The minimum Gasteiger partial charge on any atom is -0.352 e. The fourth-order valence-corrected chi connectivity index (χ4v) is 2.61. The summed E-state index contributed by atoms with van der Waals surface area (Å²) in [6, 6.07) is 12.3. The van der Waals surface area contributed by atoms with E-state index in [1.54, 1.807) is 24.3 Å². The lowest BCUT2D eigenvalue weighted by Gasteiger charge is -2.10. The van der Waals surface area contributed by atoms with E-state index in [1.807, 2.05) is 39.0 Å². The predicted octanol–water partition coefficient (Wildman–Crippen LogP) is 4.40. The number of halogens is 1. The number of anilines is 1. The third-order valence-corrected chi connectivity index (χ3v) is 4.01. The molecule has 0 spiro atoms. The Bertz CT molecular complexity index is 740. The first-order valence-corrected chi connectivity index (χ1v) is 8.62. The van der Waals surface area contributed by atoms with Gasteiger partial charge in [-0.2, -0.15) is 0 Å². The molecule has 24 heavy (non-hydrogen) atoms. The quantitative estimate of drug-likeness (QED) is 0.797. The van der Waals surface area contributed by atoms with Crippen LogP contribution in [0.1, 0.15) is 40.1 Å². The highest BCUT2D eigenvalue weighted by Gasteiger charge is 2.10. The van der Waals surface area contributed by atoms with E-state index in [1.165, 1.54) is 0 Å². The van der Waals surface area contributed by atoms with Crippen LogP contribution in [0.25, 0.3) is 0 Å². The van der Waals surface area contributed by atoms with E-state index in [2.05, 4.69) is 26.6 Å². The first-order chi connectivity index (χ1) is 11.4. The Morgan fingerprint density at radius 1 is 1.00 bits per heavy atom. The van der Waals surface area contributed by atoms with Gasteiger partial charge in [-0.1, -0.05) is 29.8 Å². The largest absolute Gasteiger partial charge is 0.352 e. The molecule has 0 saturated heterocycles. The smallest absolute Gasteiger partial charge is 0.255 e. The van der Waals surface area contributed by atoms with Crippen LogP contribution in [0.5, 0.6) is 0 Å². The number of amides is 2. The summed E-state index contributed by atoms with van der Waals surface area (Å²) < 4.78 is 0.967. The second-order valence-electron chi connectivity index (χ2n) is 6.09. The SMILES string of the molecule is Cc1cc(Br)ccc1NC(=O)c1ccc(C(=O)NCC(C)C)cc1. The number of carbonyl (C=O) groups is 2. The molecular formula is C19H21BrN2O2. The number of rotatable bonds is 5. The van der Waals surface area contributed by atoms with E-state index in [9.17, 15) is 9.59 Å². The number of nitrogens with one attached hydrogen (secondary N) is 2. The minimum absolute atomic E-state index is 0.126. The highest BCUT2D eigenvalue weighted by Crippen LogP contribution is 2.20. The van der Waals surface area contributed by atoms with Crippen molar-refractivity contribution in [3.63, 3.8) is 0 Å². The zero-order valence-electron chi connectivity index (χ0n) is 14.0. The molecule has 2 aromatic carbocycles. The molecule has 2 amide bonds. The molecule has 0 radical (unpaired) electrons. The van der Waals surface area contributed by atoms with Crippen LogP contribution in [-0.2, 0) is 0 Å². The summed E-state index contributed by atoms with van der Waals surface area (Å²) in [5.41, 5.74) is 2.80. The molecule has 0 unspecified atom stereocenters. The maximum atomic E-state index is 12.3. The van der Waals surface area contributed by atoms with Gasteiger partial charge in [-0.3, -0.25) is 9.59 Å². The van der Waals surface area contributed by atoms with Gasteiger partial charge in [0.15, 0.2) is 0 Å². The topological polar surface area (TPSA) is 58.2 Å². The fourth-order valence-electron chi connectivity index (χ4n) is 2.13. The summed E-state index contributed by atoms with van der Waals surface area (Å²) in [6.07, 6.45) is 0. The second kappa shape index (κ2) is 8.11. The summed E-state index contributed by atoms with van der Waals surface area (Å²) in [6.45, 7) is 6.64. The van der Waals surface area contributed by atoms with Gasteiger partial charge >= 0.3 is 0 Å². The summed E-state index contributed by atoms with van der Waals surface area (Å²) in [5.74, 6) is 0.0714. The molecule has 2 rings (SSSR count). The molecule has 0 aliphatic rings. The van der Waals surface area contributed by atoms with Gasteiger partial charge in [-0.25, -0.2) is 0 Å². The standard InChI is InChI=1S/C19H21BrN2O2/c1-12(2)11-21-18(23)14-4-6-15(7-5-14)19(24)22-17-9-8-16(20)10-13(17)3/h4-10,12H,11H2,1-3H3,(H,21,23)(H,22,24). The normalized spacial score (nSPS) is 10.5. The van der Waals surface area contributed by atoms with Crippen molar-refractivity contribution in [1.82, 2.24) is 5.32 Å². The molecule has 0 atom stereocenters. The van der Waals surface area contributed by atoms with E-state index < -0.39 is 0 Å². The van der Waals surface area contributed by atoms with E-state index in [-0.39, 0.29) is 11.8 Å². The third-order valence-electron chi connectivity index (χ3n) is 3.52. The molecule has 4 nitrogen and oxygen atoms in total. The van der Waals surface area contributed by atoms with Gasteiger partial charge in [-0.05, 0) is 60.9 Å². The van der Waals surface area contributed by atoms with Crippen molar-refractivity contribution in [2.45, 2.75) is 20.8 Å². The molecule has 0 saturated carbocycles. The van der Waals surface area contributed by atoms with Gasteiger partial charge in [0.2, 0.25) is 0 Å². The van der Waals surface area contributed by atoms with Gasteiger partial charge < -0.3 is 10.6 Å². The Labute approximate surface area is 150 Å². The molecular weight excluding hydrogens is 368 g/mol. The van der Waals surface area contributed by atoms with Crippen molar-refractivity contribution in [3.05, 3.63) is 63.6 Å². The molecule has 5 heteroatoms. The summed E-state index contributed by atoms with van der Waals surface area (Å²) >= 11 is 3.40. The van der Waals surface area contributed by atoms with Crippen LogP contribution in [-0.4, -0.2) is 18.4 Å². The van der Waals surface area contributed by atoms with Crippen molar-refractivity contribution in [2.75, 3.05) is 11.9 Å². The molecule has 2 aromatic rings. The Hall–Kier alpha value is -2.14. The zero-order chi connectivity index (χ0) is 17.7. The Kier molecular flexibility index (Phi) is 6.15. The lowest BCUT2D eigenvalue weighted by Crippen LogP contribution is -2.27. The number of hydrogen-bond acceptors (Lipinski definition) is 2. The lowest BCUT2D eigenvalue weighted by atomic mass is 10.1. The van der Waals surface area contributed by atoms with E-state index in [0.717, 1.165) is 15.7 Å². The van der Waals surface area contributed by atoms with Gasteiger partial charge in [-0.15, -0.1) is 0 Å². The van der Waals surface area contributed by atoms with Crippen LogP contribution in [0.4, 0.5) is 5.69 Å². The molecule has 2 N–H and O–H groups in total. The van der Waals surface area contributed by atoms with Crippen LogP contribution in [0.15, 0.2) is 46.9 Å². The first kappa shape index (κ1) is 18.2. The molecule has 0 heterocycles. The zero-order valence-corrected chi connectivity index (χ0v) is 15.6. The van der Waals surface area contributed by atoms with Crippen molar-refractivity contribution < 1.29 is 9.59 Å². The van der Waals surface area contributed by atoms with Crippen LogP contribution in [0.2, 0.25) is 0 Å². The second-order valence-corrected chi connectivity index (χ2v) is 7.01. The van der Waals surface area contributed by atoms with E-state index >= 15 is 0 Å². The van der Waals surface area contributed by atoms with Crippen molar-refractivity contribution in [1.29, 1.82) is 0 Å². The number of aryl methyl sites for hydroxylation is 1. The monoisotopic (exact) mass is 388 g/mol. The molecule has 0 aliphatic carbocycles. The van der Waals surface area contributed by atoms with Crippen LogP contribution in [0.3, 0.4) is 0 Å². The average Bonchev–Trinajstić information content (AvgIpc) is 2.55.